The van der Waals surface area contributed by atoms with E-state index in [-0.39, 0.29) is 13.0 Å². The Morgan fingerprint density at radius 1 is 0.952 bits per heavy atom. The first-order valence-corrected chi connectivity index (χ1v) is 14.3. The number of nitrogens with one attached hydrogen (secondary N) is 2. The third-order valence-corrected chi connectivity index (χ3v) is 6.68. The highest BCUT2D eigenvalue weighted by atomic mass is 16.6. The Balaban J connectivity index is 2.10. The molecule has 220 valence electrons. The van der Waals surface area contributed by atoms with E-state index in [4.69, 9.17) is 11.2 Å². The molecule has 0 bridgehead atoms. The zero-order chi connectivity index (χ0) is 30.7. The fourth-order valence-corrected chi connectivity index (χ4v) is 4.63. The molecule has 2 unspecified atom stereocenters. The van der Waals surface area contributed by atoms with Crippen LogP contribution < -0.4 is 10.6 Å². The standard InChI is InChI=1S/C35H41N3O4/c1-7-9-23-38(33(40)30(24-26-18-11-10-12-19-26)37-34(41)42-35(4,5)6)31(28-21-15-14-20-27(28)8-2)32(39)36-29-22-16-13-17-25(29)3/h2,10-22,30-31H,7,9,23-24H2,1,3-6H3,(H,36,39)(H,37,41). The number of unbranched alkanes of at least 4 members (excludes halogenated alkanes) is 1. The fourth-order valence-electron chi connectivity index (χ4n) is 4.63. The van der Waals surface area contributed by atoms with Gasteiger partial charge in [0.05, 0.1) is 0 Å². The lowest BCUT2D eigenvalue weighted by Crippen LogP contribution is -2.53. The highest BCUT2D eigenvalue weighted by Gasteiger charge is 2.37. The number of anilines is 1. The van der Waals surface area contributed by atoms with Gasteiger partial charge < -0.3 is 20.3 Å². The van der Waals surface area contributed by atoms with Crippen LogP contribution in [0.15, 0.2) is 78.9 Å². The van der Waals surface area contributed by atoms with E-state index < -0.39 is 35.6 Å². The van der Waals surface area contributed by atoms with Crippen molar-refractivity contribution in [3.05, 3.63) is 101 Å². The van der Waals surface area contributed by atoms with Crippen LogP contribution in [0.25, 0.3) is 0 Å². The average molecular weight is 568 g/mol. The van der Waals surface area contributed by atoms with Crippen molar-refractivity contribution < 1.29 is 19.1 Å². The molecule has 3 aromatic carbocycles. The summed E-state index contributed by atoms with van der Waals surface area (Å²) >= 11 is 0. The van der Waals surface area contributed by atoms with Gasteiger partial charge in [0.15, 0.2) is 0 Å². The van der Waals surface area contributed by atoms with Crippen LogP contribution in [0.5, 0.6) is 0 Å². The lowest BCUT2D eigenvalue weighted by atomic mass is 9.96. The van der Waals surface area contributed by atoms with Gasteiger partial charge in [-0.25, -0.2) is 4.79 Å². The van der Waals surface area contributed by atoms with E-state index in [1.54, 1.807) is 45.0 Å². The molecule has 0 heterocycles. The van der Waals surface area contributed by atoms with Gasteiger partial charge in [-0.15, -0.1) is 6.42 Å². The second-order valence-electron chi connectivity index (χ2n) is 11.2. The van der Waals surface area contributed by atoms with E-state index in [0.717, 1.165) is 17.5 Å². The summed E-state index contributed by atoms with van der Waals surface area (Å²) in [5, 5.41) is 5.81. The number of carbonyl (C=O) groups excluding carboxylic acids is 3. The number of amides is 3. The number of ether oxygens (including phenoxy) is 1. The monoisotopic (exact) mass is 567 g/mol. The molecule has 0 aliphatic carbocycles. The number of benzene rings is 3. The molecule has 7 heteroatoms. The Labute approximate surface area is 249 Å². The lowest BCUT2D eigenvalue weighted by molar-refractivity contribution is -0.140. The molecule has 0 fully saturated rings. The lowest BCUT2D eigenvalue weighted by Gasteiger charge is -2.35. The molecule has 3 rings (SSSR count). The molecular formula is C35H41N3O4. The normalized spacial score (nSPS) is 12.4. The number of hydrogen-bond acceptors (Lipinski definition) is 4. The van der Waals surface area contributed by atoms with E-state index in [1.807, 2.05) is 68.4 Å². The van der Waals surface area contributed by atoms with Gasteiger partial charge in [-0.1, -0.05) is 86.0 Å². The number of nitrogens with zero attached hydrogens (tertiary/aromatic N) is 1. The quantitative estimate of drug-likeness (QED) is 0.262. The number of hydrogen-bond donors (Lipinski definition) is 2. The maximum atomic E-state index is 14.5. The first-order valence-electron chi connectivity index (χ1n) is 14.3. The van der Waals surface area contributed by atoms with Crippen LogP contribution in [-0.4, -0.2) is 41.0 Å². The SMILES string of the molecule is C#Cc1ccccc1C(C(=O)Nc1ccccc1C)N(CCCC)C(=O)C(Cc1ccccc1)NC(=O)OC(C)(C)C. The Morgan fingerprint density at radius 2 is 1.60 bits per heavy atom. The number of rotatable bonds is 11. The van der Waals surface area contributed by atoms with Gasteiger partial charge in [0.25, 0.3) is 5.91 Å². The molecule has 42 heavy (non-hydrogen) atoms. The van der Waals surface area contributed by atoms with Gasteiger partial charge in [0, 0.05) is 24.2 Å². The maximum absolute atomic E-state index is 14.5. The van der Waals surface area contributed by atoms with Crippen LogP contribution in [0, 0.1) is 19.3 Å². The van der Waals surface area contributed by atoms with Crippen LogP contribution in [-0.2, 0) is 20.7 Å². The topological polar surface area (TPSA) is 87.7 Å². The molecule has 0 radical (unpaired) electrons. The Kier molecular flexibility index (Phi) is 11.3. The largest absolute Gasteiger partial charge is 0.444 e. The first kappa shape index (κ1) is 32.0. The van der Waals surface area contributed by atoms with Crippen molar-refractivity contribution in [2.45, 2.75) is 71.6 Å². The summed E-state index contributed by atoms with van der Waals surface area (Å²) < 4.78 is 5.51. The predicted octanol–water partition coefficient (Wildman–Crippen LogP) is 6.42. The molecule has 7 nitrogen and oxygen atoms in total. The summed E-state index contributed by atoms with van der Waals surface area (Å²) in [6.45, 7) is 9.48. The fraction of sp³-hybridized carbons (Fsp3) is 0.343. The highest BCUT2D eigenvalue weighted by molar-refractivity contribution is 5.99. The molecule has 0 saturated carbocycles. The summed E-state index contributed by atoms with van der Waals surface area (Å²) in [7, 11) is 0. The summed E-state index contributed by atoms with van der Waals surface area (Å²) in [6, 6.07) is 22.0. The molecule has 0 aliphatic rings. The van der Waals surface area contributed by atoms with Gasteiger partial charge in [-0.2, -0.15) is 0 Å². The van der Waals surface area contributed by atoms with Crippen LogP contribution in [0.3, 0.4) is 0 Å². The van der Waals surface area contributed by atoms with Gasteiger partial charge >= 0.3 is 6.09 Å². The highest BCUT2D eigenvalue weighted by Crippen LogP contribution is 2.28. The van der Waals surface area contributed by atoms with Gasteiger partial charge in [0.2, 0.25) is 5.91 Å². The molecule has 0 aliphatic heterocycles. The number of alkyl carbamates (subject to hydrolysis) is 1. The maximum Gasteiger partial charge on any atom is 0.408 e. The molecule has 2 N–H and O–H groups in total. The molecule has 0 saturated heterocycles. The predicted molar refractivity (Wildman–Crippen MR) is 167 cm³/mol. The van der Waals surface area contributed by atoms with Gasteiger partial charge in [-0.05, 0) is 62.9 Å². The minimum absolute atomic E-state index is 0.213. The van der Waals surface area contributed by atoms with E-state index in [2.05, 4.69) is 16.6 Å². The molecule has 0 aromatic heterocycles. The molecule has 0 spiro atoms. The zero-order valence-corrected chi connectivity index (χ0v) is 25.1. The number of terminal acetylenes is 1. The second-order valence-corrected chi connectivity index (χ2v) is 11.2. The average Bonchev–Trinajstić information content (AvgIpc) is 2.95. The van der Waals surface area contributed by atoms with E-state index in [1.165, 1.54) is 4.90 Å². The van der Waals surface area contributed by atoms with Gasteiger partial charge in [-0.3, -0.25) is 9.59 Å². The summed E-state index contributed by atoms with van der Waals surface area (Å²) in [4.78, 5) is 43.1. The van der Waals surface area contributed by atoms with Crippen LogP contribution in [0.4, 0.5) is 10.5 Å². The number of para-hydroxylation sites is 1. The Hall–Kier alpha value is -4.57. The molecule has 3 aromatic rings. The third kappa shape index (κ3) is 8.97. The van der Waals surface area contributed by atoms with Crippen molar-refractivity contribution in [1.29, 1.82) is 0 Å². The van der Waals surface area contributed by atoms with Gasteiger partial charge in [0.1, 0.15) is 17.7 Å². The van der Waals surface area contributed by atoms with Crippen molar-refractivity contribution in [2.75, 3.05) is 11.9 Å². The smallest absolute Gasteiger partial charge is 0.408 e. The number of carbonyl (C=O) groups is 3. The minimum atomic E-state index is -1.05. The van der Waals surface area contributed by atoms with E-state index in [0.29, 0.717) is 23.2 Å². The molecular weight excluding hydrogens is 526 g/mol. The van der Waals surface area contributed by atoms with Crippen molar-refractivity contribution in [1.82, 2.24) is 10.2 Å². The molecule has 3 amide bonds. The minimum Gasteiger partial charge on any atom is -0.444 e. The van der Waals surface area contributed by atoms with Crippen molar-refractivity contribution in [3.8, 4) is 12.3 Å². The Morgan fingerprint density at radius 3 is 2.24 bits per heavy atom. The summed E-state index contributed by atoms with van der Waals surface area (Å²) in [5.41, 5.74) is 2.67. The van der Waals surface area contributed by atoms with Crippen LogP contribution >= 0.6 is 0 Å². The van der Waals surface area contributed by atoms with E-state index in [9.17, 15) is 14.4 Å². The first-order chi connectivity index (χ1) is 20.0. The molecule has 2 atom stereocenters. The zero-order valence-electron chi connectivity index (χ0n) is 25.1. The summed E-state index contributed by atoms with van der Waals surface area (Å²) in [5.74, 6) is 1.87. The van der Waals surface area contributed by atoms with Crippen molar-refractivity contribution in [3.63, 3.8) is 0 Å². The van der Waals surface area contributed by atoms with Crippen molar-refractivity contribution >= 4 is 23.6 Å². The number of aryl methyl sites for hydroxylation is 1. The van der Waals surface area contributed by atoms with Crippen LogP contribution in [0.1, 0.15) is 68.8 Å². The van der Waals surface area contributed by atoms with E-state index >= 15 is 0 Å². The third-order valence-electron chi connectivity index (χ3n) is 6.68. The Bertz CT molecular complexity index is 1410. The van der Waals surface area contributed by atoms with Crippen LogP contribution in [0.2, 0.25) is 0 Å². The summed E-state index contributed by atoms with van der Waals surface area (Å²) in [6.07, 6.45) is 6.80. The second kappa shape index (κ2) is 14.9. The van der Waals surface area contributed by atoms with Crippen molar-refractivity contribution in [2.24, 2.45) is 0 Å².